The van der Waals surface area contributed by atoms with Gasteiger partial charge >= 0.3 is 12.0 Å². The van der Waals surface area contributed by atoms with E-state index in [9.17, 15) is 19.5 Å². The van der Waals surface area contributed by atoms with Gasteiger partial charge in [-0.05, 0) is 55.0 Å². The van der Waals surface area contributed by atoms with Gasteiger partial charge in [-0.15, -0.1) is 0 Å². The molecule has 2 aromatic carbocycles. The van der Waals surface area contributed by atoms with Gasteiger partial charge in [0.15, 0.2) is 0 Å². The van der Waals surface area contributed by atoms with Crippen molar-refractivity contribution >= 4 is 41.3 Å². The van der Waals surface area contributed by atoms with E-state index in [1.54, 1.807) is 55.5 Å². The fourth-order valence-electron chi connectivity index (χ4n) is 3.21. The second-order valence-electron chi connectivity index (χ2n) is 6.59. The first-order valence-corrected chi connectivity index (χ1v) is 9.29. The number of furan rings is 1. The van der Waals surface area contributed by atoms with E-state index in [1.165, 1.54) is 12.1 Å². The number of imide groups is 1. The Kier molecular flexibility index (Phi) is 4.89. The summed E-state index contributed by atoms with van der Waals surface area (Å²) in [5, 5.41) is 12.3. The minimum Gasteiger partial charge on any atom is -0.478 e. The van der Waals surface area contributed by atoms with Gasteiger partial charge in [0.05, 0.1) is 11.3 Å². The monoisotopic (exact) mass is 422 g/mol. The standard InChI is InChI=1S/C22H15ClN2O5/c1-12-16(3-2-4-17(12)21(27)28)19-10-9-15(30-19)11-18-20(26)25(22(29)24-18)14-7-5-13(23)6-8-14/h2-11H,1H3,(H,24,29)(H,27,28)/b18-11+. The van der Waals surface area contributed by atoms with Gasteiger partial charge in [0.2, 0.25) is 0 Å². The maximum atomic E-state index is 12.7. The van der Waals surface area contributed by atoms with Gasteiger partial charge in [0.25, 0.3) is 5.91 Å². The molecule has 0 unspecified atom stereocenters. The Hall–Kier alpha value is -3.84. The molecule has 0 atom stereocenters. The molecule has 2 N–H and O–H groups in total. The van der Waals surface area contributed by atoms with E-state index in [-0.39, 0.29) is 11.3 Å². The third kappa shape index (κ3) is 3.46. The van der Waals surface area contributed by atoms with E-state index >= 15 is 0 Å². The number of hydrogen-bond acceptors (Lipinski definition) is 4. The highest BCUT2D eigenvalue weighted by molar-refractivity contribution is 6.31. The highest BCUT2D eigenvalue weighted by atomic mass is 35.5. The molecule has 2 heterocycles. The van der Waals surface area contributed by atoms with Crippen molar-refractivity contribution < 1.29 is 23.9 Å². The summed E-state index contributed by atoms with van der Waals surface area (Å²) in [4.78, 5) is 37.3. The molecule has 8 heteroatoms. The second kappa shape index (κ2) is 7.53. The fourth-order valence-corrected chi connectivity index (χ4v) is 3.34. The van der Waals surface area contributed by atoms with E-state index in [0.29, 0.717) is 33.4 Å². The summed E-state index contributed by atoms with van der Waals surface area (Å²) in [7, 11) is 0. The Labute approximate surface area is 176 Å². The summed E-state index contributed by atoms with van der Waals surface area (Å²) in [5.74, 6) is -0.755. The van der Waals surface area contributed by atoms with Crippen LogP contribution in [0, 0.1) is 6.92 Å². The topological polar surface area (TPSA) is 99.9 Å². The number of halogens is 1. The number of urea groups is 1. The Morgan fingerprint density at radius 2 is 1.83 bits per heavy atom. The molecule has 0 aliphatic carbocycles. The van der Waals surface area contributed by atoms with Crippen molar-refractivity contribution in [2.24, 2.45) is 0 Å². The lowest BCUT2D eigenvalue weighted by atomic mass is 10.0. The number of rotatable bonds is 4. The van der Waals surface area contributed by atoms with Gasteiger partial charge in [-0.25, -0.2) is 14.5 Å². The van der Waals surface area contributed by atoms with Gasteiger partial charge in [0, 0.05) is 16.7 Å². The third-order valence-electron chi connectivity index (χ3n) is 4.71. The maximum Gasteiger partial charge on any atom is 0.335 e. The zero-order valence-corrected chi connectivity index (χ0v) is 16.4. The predicted octanol–water partition coefficient (Wildman–Crippen LogP) is 4.70. The van der Waals surface area contributed by atoms with Crippen molar-refractivity contribution in [2.75, 3.05) is 4.90 Å². The first-order valence-electron chi connectivity index (χ1n) is 8.91. The number of aromatic carboxylic acids is 1. The zero-order valence-electron chi connectivity index (χ0n) is 15.7. The van der Waals surface area contributed by atoms with Crippen molar-refractivity contribution in [3.05, 3.63) is 82.2 Å². The Bertz CT molecular complexity index is 1210. The third-order valence-corrected chi connectivity index (χ3v) is 4.96. The number of hydrogen-bond donors (Lipinski definition) is 2. The number of benzene rings is 2. The number of carbonyl (C=O) groups excluding carboxylic acids is 2. The van der Waals surface area contributed by atoms with Crippen LogP contribution < -0.4 is 10.2 Å². The molecule has 0 radical (unpaired) electrons. The lowest BCUT2D eigenvalue weighted by Crippen LogP contribution is -2.30. The van der Waals surface area contributed by atoms with Crippen LogP contribution in [0.15, 0.2) is 64.7 Å². The van der Waals surface area contributed by atoms with Crippen molar-refractivity contribution in [2.45, 2.75) is 6.92 Å². The minimum atomic E-state index is -1.02. The summed E-state index contributed by atoms with van der Waals surface area (Å²) in [6, 6.07) is 14.0. The lowest BCUT2D eigenvalue weighted by Gasteiger charge is -2.11. The van der Waals surface area contributed by atoms with E-state index in [4.69, 9.17) is 16.0 Å². The molecule has 0 bridgehead atoms. The SMILES string of the molecule is Cc1c(C(=O)O)cccc1-c1ccc(/C=C2/NC(=O)N(c3ccc(Cl)cc3)C2=O)o1. The number of nitrogens with zero attached hydrogens (tertiary/aromatic N) is 1. The predicted molar refractivity (Wildman–Crippen MR) is 111 cm³/mol. The van der Waals surface area contributed by atoms with Gasteiger partial charge in [0.1, 0.15) is 17.2 Å². The first kappa shape index (κ1) is 19.5. The van der Waals surface area contributed by atoms with Crippen LogP contribution in [0.2, 0.25) is 5.02 Å². The van der Waals surface area contributed by atoms with Gasteiger partial charge < -0.3 is 14.8 Å². The van der Waals surface area contributed by atoms with Gasteiger partial charge in [-0.1, -0.05) is 23.7 Å². The molecule has 1 saturated heterocycles. The number of carboxylic acid groups (broad SMARTS) is 1. The van der Waals surface area contributed by atoms with E-state index in [2.05, 4.69) is 5.32 Å². The van der Waals surface area contributed by atoms with Crippen molar-refractivity contribution in [3.63, 3.8) is 0 Å². The van der Waals surface area contributed by atoms with Gasteiger partial charge in [-0.2, -0.15) is 0 Å². The van der Waals surface area contributed by atoms with Crippen LogP contribution in [0.3, 0.4) is 0 Å². The summed E-state index contributed by atoms with van der Waals surface area (Å²) < 4.78 is 5.78. The minimum absolute atomic E-state index is 0.0619. The molecule has 0 saturated carbocycles. The number of amides is 3. The number of carboxylic acids is 1. The van der Waals surface area contributed by atoms with Crippen molar-refractivity contribution in [1.82, 2.24) is 5.32 Å². The van der Waals surface area contributed by atoms with Crippen LogP contribution in [-0.2, 0) is 4.79 Å². The summed E-state index contributed by atoms with van der Waals surface area (Å²) >= 11 is 5.86. The van der Waals surface area contributed by atoms with Crippen LogP contribution in [-0.4, -0.2) is 23.0 Å². The molecule has 150 valence electrons. The van der Waals surface area contributed by atoms with Crippen LogP contribution in [0.1, 0.15) is 21.7 Å². The number of nitrogens with one attached hydrogen (secondary N) is 1. The van der Waals surface area contributed by atoms with E-state index in [1.807, 2.05) is 0 Å². The Morgan fingerprint density at radius 1 is 1.10 bits per heavy atom. The molecular formula is C22H15ClN2O5. The molecule has 1 aromatic heterocycles. The molecule has 1 fully saturated rings. The van der Waals surface area contributed by atoms with Crippen LogP contribution >= 0.6 is 11.6 Å². The molecule has 1 aliphatic heterocycles. The van der Waals surface area contributed by atoms with Crippen LogP contribution in [0.25, 0.3) is 17.4 Å². The van der Waals surface area contributed by atoms with Gasteiger partial charge in [-0.3, -0.25) is 4.79 Å². The largest absolute Gasteiger partial charge is 0.478 e. The highest BCUT2D eigenvalue weighted by Gasteiger charge is 2.35. The molecule has 30 heavy (non-hydrogen) atoms. The molecule has 4 rings (SSSR count). The Balaban J connectivity index is 1.63. The summed E-state index contributed by atoms with van der Waals surface area (Å²) in [6.45, 7) is 1.70. The van der Waals surface area contributed by atoms with Crippen LogP contribution in [0.5, 0.6) is 0 Å². The van der Waals surface area contributed by atoms with E-state index < -0.39 is 17.9 Å². The molecule has 3 amide bonds. The smallest absolute Gasteiger partial charge is 0.335 e. The fraction of sp³-hybridized carbons (Fsp3) is 0.0455. The lowest BCUT2D eigenvalue weighted by molar-refractivity contribution is -0.113. The van der Waals surface area contributed by atoms with Crippen molar-refractivity contribution in [3.8, 4) is 11.3 Å². The maximum absolute atomic E-state index is 12.7. The molecule has 3 aromatic rings. The molecule has 0 spiro atoms. The number of carbonyl (C=O) groups is 3. The first-order chi connectivity index (χ1) is 14.3. The highest BCUT2D eigenvalue weighted by Crippen LogP contribution is 2.29. The normalized spacial score (nSPS) is 15.0. The van der Waals surface area contributed by atoms with E-state index in [0.717, 1.165) is 4.90 Å². The average Bonchev–Trinajstić information content (AvgIpc) is 3.27. The molecular weight excluding hydrogens is 408 g/mol. The molecule has 7 nitrogen and oxygen atoms in total. The second-order valence-corrected chi connectivity index (χ2v) is 7.03. The average molecular weight is 423 g/mol. The molecule has 1 aliphatic rings. The number of anilines is 1. The Morgan fingerprint density at radius 3 is 2.53 bits per heavy atom. The van der Waals surface area contributed by atoms with Crippen LogP contribution in [0.4, 0.5) is 10.5 Å². The van der Waals surface area contributed by atoms with Crippen molar-refractivity contribution in [1.29, 1.82) is 0 Å². The zero-order chi connectivity index (χ0) is 21.4. The summed E-state index contributed by atoms with van der Waals surface area (Å²) in [6.07, 6.45) is 1.43. The summed E-state index contributed by atoms with van der Waals surface area (Å²) in [5.41, 5.74) is 1.83. The quantitative estimate of drug-likeness (QED) is 0.468.